The maximum atomic E-state index is 11.3. The summed E-state index contributed by atoms with van der Waals surface area (Å²) in [5, 5.41) is 18.2. The SMILES string of the molecule is Cl.O=C(O)c1cccc(-c2ccccc2)c1C(=O)O. The predicted octanol–water partition coefficient (Wildman–Crippen LogP) is 3.17. The van der Waals surface area contributed by atoms with Crippen LogP contribution in [0.2, 0.25) is 0 Å². The van der Waals surface area contributed by atoms with Gasteiger partial charge >= 0.3 is 11.9 Å². The lowest BCUT2D eigenvalue weighted by Gasteiger charge is -2.08. The maximum absolute atomic E-state index is 11.3. The highest BCUT2D eigenvalue weighted by Gasteiger charge is 2.20. The molecule has 0 aromatic heterocycles. The molecule has 2 aromatic carbocycles. The third-order valence-electron chi connectivity index (χ3n) is 2.59. The van der Waals surface area contributed by atoms with Crippen LogP contribution in [0, 0.1) is 0 Å². The van der Waals surface area contributed by atoms with Gasteiger partial charge in [-0.15, -0.1) is 12.4 Å². The zero-order valence-corrected chi connectivity index (χ0v) is 10.6. The minimum Gasteiger partial charge on any atom is -0.478 e. The second-order valence-corrected chi connectivity index (χ2v) is 3.70. The van der Waals surface area contributed by atoms with Crippen LogP contribution in [0.15, 0.2) is 48.5 Å². The highest BCUT2D eigenvalue weighted by atomic mass is 35.5. The van der Waals surface area contributed by atoms with Gasteiger partial charge in [-0.2, -0.15) is 0 Å². The first-order valence-corrected chi connectivity index (χ1v) is 5.26. The normalized spacial score (nSPS) is 9.47. The van der Waals surface area contributed by atoms with Gasteiger partial charge in [-0.3, -0.25) is 0 Å². The van der Waals surface area contributed by atoms with Gasteiger partial charge in [0.2, 0.25) is 0 Å². The van der Waals surface area contributed by atoms with Gasteiger partial charge in [0.25, 0.3) is 0 Å². The predicted molar refractivity (Wildman–Crippen MR) is 73.0 cm³/mol. The number of rotatable bonds is 3. The quantitative estimate of drug-likeness (QED) is 0.904. The van der Waals surface area contributed by atoms with Crippen molar-refractivity contribution in [3.8, 4) is 11.1 Å². The van der Waals surface area contributed by atoms with Crippen molar-refractivity contribution in [3.05, 3.63) is 59.7 Å². The summed E-state index contributed by atoms with van der Waals surface area (Å²) in [7, 11) is 0. The van der Waals surface area contributed by atoms with Gasteiger partial charge in [-0.25, -0.2) is 9.59 Å². The smallest absolute Gasteiger partial charge is 0.337 e. The summed E-state index contributed by atoms with van der Waals surface area (Å²) in [5.41, 5.74) is 0.695. The van der Waals surface area contributed by atoms with Gasteiger partial charge < -0.3 is 10.2 Å². The Morgan fingerprint density at radius 1 is 0.789 bits per heavy atom. The van der Waals surface area contributed by atoms with Crippen LogP contribution in [0.4, 0.5) is 0 Å². The Morgan fingerprint density at radius 3 is 1.95 bits per heavy atom. The first kappa shape index (κ1) is 14.7. The van der Waals surface area contributed by atoms with Crippen LogP contribution in [0.5, 0.6) is 0 Å². The number of hydrogen-bond acceptors (Lipinski definition) is 2. The summed E-state index contributed by atoms with van der Waals surface area (Å²) in [6, 6.07) is 13.3. The van der Waals surface area contributed by atoms with E-state index in [1.165, 1.54) is 12.1 Å². The molecule has 0 spiro atoms. The number of carbonyl (C=O) groups is 2. The lowest BCUT2D eigenvalue weighted by molar-refractivity contribution is 0.0652. The van der Waals surface area contributed by atoms with Crippen molar-refractivity contribution < 1.29 is 19.8 Å². The van der Waals surface area contributed by atoms with Crippen molar-refractivity contribution in [2.45, 2.75) is 0 Å². The molecule has 4 nitrogen and oxygen atoms in total. The van der Waals surface area contributed by atoms with Crippen LogP contribution in [0.1, 0.15) is 20.7 Å². The second-order valence-electron chi connectivity index (χ2n) is 3.70. The van der Waals surface area contributed by atoms with Crippen molar-refractivity contribution in [2.75, 3.05) is 0 Å². The fraction of sp³-hybridized carbons (Fsp3) is 0. The first-order chi connectivity index (χ1) is 8.61. The van der Waals surface area contributed by atoms with Gasteiger partial charge in [0.15, 0.2) is 0 Å². The molecule has 0 radical (unpaired) electrons. The van der Waals surface area contributed by atoms with E-state index in [0.29, 0.717) is 11.1 Å². The lowest BCUT2D eigenvalue weighted by atomic mass is 9.95. The van der Waals surface area contributed by atoms with E-state index in [0.717, 1.165) is 0 Å². The molecular formula is C14H11ClO4. The Labute approximate surface area is 115 Å². The number of carboxylic acids is 2. The molecule has 2 N–H and O–H groups in total. The fourth-order valence-electron chi connectivity index (χ4n) is 1.82. The van der Waals surface area contributed by atoms with Gasteiger partial charge in [-0.05, 0) is 17.2 Å². The van der Waals surface area contributed by atoms with Crippen LogP contribution in [0.3, 0.4) is 0 Å². The van der Waals surface area contributed by atoms with Crippen molar-refractivity contribution >= 4 is 24.3 Å². The van der Waals surface area contributed by atoms with Crippen molar-refractivity contribution in [1.82, 2.24) is 0 Å². The summed E-state index contributed by atoms with van der Waals surface area (Å²) >= 11 is 0. The van der Waals surface area contributed by atoms with Crippen molar-refractivity contribution in [2.24, 2.45) is 0 Å². The second kappa shape index (κ2) is 6.02. The molecule has 0 unspecified atom stereocenters. The monoisotopic (exact) mass is 278 g/mol. The molecular weight excluding hydrogens is 268 g/mol. The molecule has 0 aliphatic rings. The summed E-state index contributed by atoms with van der Waals surface area (Å²) in [6.07, 6.45) is 0. The summed E-state index contributed by atoms with van der Waals surface area (Å²) in [4.78, 5) is 22.3. The van der Waals surface area contributed by atoms with Crippen LogP contribution in [-0.2, 0) is 0 Å². The summed E-state index contributed by atoms with van der Waals surface area (Å²) in [6.45, 7) is 0. The molecule has 0 atom stereocenters. The maximum Gasteiger partial charge on any atom is 0.337 e. The molecule has 19 heavy (non-hydrogen) atoms. The van der Waals surface area contributed by atoms with E-state index in [2.05, 4.69) is 0 Å². The third kappa shape index (κ3) is 2.92. The Bertz CT molecular complexity index is 608. The molecule has 0 amide bonds. The van der Waals surface area contributed by atoms with Gasteiger partial charge in [0, 0.05) is 0 Å². The van der Waals surface area contributed by atoms with Crippen molar-refractivity contribution in [3.63, 3.8) is 0 Å². The lowest BCUT2D eigenvalue weighted by Crippen LogP contribution is -2.09. The standard InChI is InChI=1S/C14H10O4.ClH/c15-13(16)11-8-4-7-10(12(11)14(17)18)9-5-2-1-3-6-9;/h1-8H,(H,15,16)(H,17,18);1H. The van der Waals surface area contributed by atoms with Crippen LogP contribution in [0.25, 0.3) is 11.1 Å². The first-order valence-electron chi connectivity index (χ1n) is 5.26. The van der Waals surface area contributed by atoms with Gasteiger partial charge in [0.05, 0.1) is 11.1 Å². The minimum absolute atomic E-state index is 0. The Morgan fingerprint density at radius 2 is 1.42 bits per heavy atom. The fourth-order valence-corrected chi connectivity index (χ4v) is 1.82. The average molecular weight is 279 g/mol. The van der Waals surface area contributed by atoms with E-state index in [1.54, 1.807) is 30.3 Å². The topological polar surface area (TPSA) is 74.6 Å². The molecule has 0 heterocycles. The molecule has 5 heteroatoms. The molecule has 2 rings (SSSR count). The van der Waals surface area contributed by atoms with Crippen LogP contribution >= 0.6 is 12.4 Å². The molecule has 0 saturated heterocycles. The van der Waals surface area contributed by atoms with Crippen LogP contribution < -0.4 is 0 Å². The summed E-state index contributed by atoms with van der Waals surface area (Å²) in [5.74, 6) is -2.49. The summed E-state index contributed by atoms with van der Waals surface area (Å²) < 4.78 is 0. The van der Waals surface area contributed by atoms with E-state index >= 15 is 0 Å². The number of aromatic carboxylic acids is 2. The zero-order chi connectivity index (χ0) is 13.1. The van der Waals surface area contributed by atoms with Gasteiger partial charge in [0.1, 0.15) is 0 Å². The Hall–Kier alpha value is -2.33. The zero-order valence-electron chi connectivity index (χ0n) is 9.74. The number of carboxylic acid groups (broad SMARTS) is 2. The van der Waals surface area contributed by atoms with E-state index in [-0.39, 0.29) is 23.5 Å². The van der Waals surface area contributed by atoms with E-state index in [9.17, 15) is 14.7 Å². The highest BCUT2D eigenvalue weighted by molar-refractivity contribution is 6.06. The molecule has 0 fully saturated rings. The van der Waals surface area contributed by atoms with Crippen molar-refractivity contribution in [1.29, 1.82) is 0 Å². The minimum atomic E-state index is -1.25. The molecule has 98 valence electrons. The number of hydrogen-bond donors (Lipinski definition) is 2. The van der Waals surface area contributed by atoms with Crippen LogP contribution in [-0.4, -0.2) is 22.2 Å². The highest BCUT2D eigenvalue weighted by Crippen LogP contribution is 2.26. The Balaban J connectivity index is 0.00000180. The number of halogens is 1. The third-order valence-corrected chi connectivity index (χ3v) is 2.59. The molecule has 0 bridgehead atoms. The number of benzene rings is 2. The largest absolute Gasteiger partial charge is 0.478 e. The van der Waals surface area contributed by atoms with E-state index in [1.807, 2.05) is 6.07 Å². The molecule has 2 aromatic rings. The van der Waals surface area contributed by atoms with E-state index in [4.69, 9.17) is 5.11 Å². The average Bonchev–Trinajstić information content (AvgIpc) is 2.38. The van der Waals surface area contributed by atoms with Gasteiger partial charge in [-0.1, -0.05) is 42.5 Å². The Kier molecular flexibility index (Phi) is 4.67. The molecule has 0 saturated carbocycles. The molecule has 0 aliphatic carbocycles. The molecule has 0 aliphatic heterocycles. The van der Waals surface area contributed by atoms with E-state index < -0.39 is 11.9 Å².